The number of aryl methyl sites for hydroxylation is 1. The number of nitrogens with one attached hydrogen (secondary N) is 1. The van der Waals surface area contributed by atoms with Crippen molar-refractivity contribution >= 4 is 18.4 Å². The van der Waals surface area contributed by atoms with E-state index in [1.807, 2.05) is 12.1 Å². The van der Waals surface area contributed by atoms with Crippen LogP contribution in [0.15, 0.2) is 24.3 Å². The highest BCUT2D eigenvalue weighted by molar-refractivity contribution is 5.85. The number of carboxylic acid groups (broad SMARTS) is 1. The van der Waals surface area contributed by atoms with Crippen LogP contribution in [0.5, 0.6) is 0 Å². The molecule has 16 heavy (non-hydrogen) atoms. The summed E-state index contributed by atoms with van der Waals surface area (Å²) < 4.78 is 0. The van der Waals surface area contributed by atoms with Gasteiger partial charge < -0.3 is 10.4 Å². The highest BCUT2D eigenvalue weighted by Crippen LogP contribution is 2.27. The Labute approximate surface area is 101 Å². The molecule has 0 bridgehead atoms. The summed E-state index contributed by atoms with van der Waals surface area (Å²) in [5, 5.41) is 11.9. The lowest BCUT2D eigenvalue weighted by atomic mass is 9.93. The third kappa shape index (κ3) is 2.54. The molecule has 0 radical (unpaired) electrons. The van der Waals surface area contributed by atoms with Crippen molar-refractivity contribution in [3.05, 3.63) is 35.4 Å². The van der Waals surface area contributed by atoms with Gasteiger partial charge in [-0.2, -0.15) is 0 Å². The van der Waals surface area contributed by atoms with Crippen LogP contribution in [0.25, 0.3) is 0 Å². The summed E-state index contributed by atoms with van der Waals surface area (Å²) in [4.78, 5) is 10.8. The van der Waals surface area contributed by atoms with Crippen LogP contribution in [0.1, 0.15) is 23.5 Å². The van der Waals surface area contributed by atoms with Crippen LogP contribution in [-0.4, -0.2) is 23.7 Å². The minimum atomic E-state index is -0.744. The third-order valence-electron chi connectivity index (χ3n) is 3.06. The van der Waals surface area contributed by atoms with Crippen molar-refractivity contribution in [1.82, 2.24) is 5.32 Å². The van der Waals surface area contributed by atoms with Crippen molar-refractivity contribution in [3.8, 4) is 0 Å². The number of rotatable bonds is 2. The Morgan fingerprint density at radius 2 is 2.12 bits per heavy atom. The van der Waals surface area contributed by atoms with E-state index in [0.717, 1.165) is 6.54 Å². The van der Waals surface area contributed by atoms with Gasteiger partial charge >= 0.3 is 5.97 Å². The van der Waals surface area contributed by atoms with Gasteiger partial charge in [-0.15, -0.1) is 12.4 Å². The van der Waals surface area contributed by atoms with Gasteiger partial charge in [0.15, 0.2) is 0 Å². The Morgan fingerprint density at radius 1 is 1.44 bits per heavy atom. The summed E-state index contributed by atoms with van der Waals surface area (Å²) >= 11 is 0. The maximum absolute atomic E-state index is 10.8. The van der Waals surface area contributed by atoms with Gasteiger partial charge in [0.2, 0.25) is 0 Å². The fourth-order valence-electron chi connectivity index (χ4n) is 2.21. The SMILES string of the molecule is Cc1ccccc1C1CNC(C(=O)O)C1.Cl. The fraction of sp³-hybridized carbons (Fsp3) is 0.417. The molecule has 0 aliphatic carbocycles. The molecule has 1 saturated heterocycles. The van der Waals surface area contributed by atoms with Crippen molar-refractivity contribution in [2.24, 2.45) is 0 Å². The summed E-state index contributed by atoms with van der Waals surface area (Å²) in [5.74, 6) is -0.404. The van der Waals surface area contributed by atoms with Crippen molar-refractivity contribution in [2.45, 2.75) is 25.3 Å². The molecule has 88 valence electrons. The summed E-state index contributed by atoms with van der Waals surface area (Å²) in [7, 11) is 0. The van der Waals surface area contributed by atoms with E-state index in [9.17, 15) is 4.79 Å². The van der Waals surface area contributed by atoms with Gasteiger partial charge in [0.25, 0.3) is 0 Å². The van der Waals surface area contributed by atoms with Gasteiger partial charge in [-0.25, -0.2) is 0 Å². The molecule has 3 nitrogen and oxygen atoms in total. The molecule has 2 rings (SSSR count). The molecule has 0 saturated carbocycles. The number of aliphatic carboxylic acids is 1. The van der Waals surface area contributed by atoms with Gasteiger partial charge in [0.05, 0.1) is 0 Å². The van der Waals surface area contributed by atoms with E-state index in [2.05, 4.69) is 24.4 Å². The maximum Gasteiger partial charge on any atom is 0.320 e. The summed E-state index contributed by atoms with van der Waals surface area (Å²) in [5.41, 5.74) is 2.52. The second-order valence-electron chi connectivity index (χ2n) is 4.09. The number of benzene rings is 1. The molecule has 4 heteroatoms. The van der Waals surface area contributed by atoms with Crippen LogP contribution in [0.3, 0.4) is 0 Å². The van der Waals surface area contributed by atoms with Crippen LogP contribution in [0, 0.1) is 6.92 Å². The second-order valence-corrected chi connectivity index (χ2v) is 4.09. The number of hydrogen-bond acceptors (Lipinski definition) is 2. The molecule has 1 aromatic carbocycles. The number of hydrogen-bond donors (Lipinski definition) is 2. The number of carboxylic acids is 1. The first kappa shape index (κ1) is 13.0. The molecule has 1 aliphatic rings. The van der Waals surface area contributed by atoms with Crippen molar-refractivity contribution < 1.29 is 9.90 Å². The van der Waals surface area contributed by atoms with Crippen molar-refractivity contribution in [1.29, 1.82) is 0 Å². The molecule has 1 aliphatic heterocycles. The van der Waals surface area contributed by atoms with E-state index in [1.54, 1.807) is 0 Å². The summed E-state index contributed by atoms with van der Waals surface area (Å²) in [6.45, 7) is 2.84. The van der Waals surface area contributed by atoms with Gasteiger partial charge in [-0.1, -0.05) is 24.3 Å². The van der Waals surface area contributed by atoms with E-state index in [1.165, 1.54) is 11.1 Å². The van der Waals surface area contributed by atoms with Crippen LogP contribution >= 0.6 is 12.4 Å². The van der Waals surface area contributed by atoms with Crippen LogP contribution in [-0.2, 0) is 4.79 Å². The molecule has 2 N–H and O–H groups in total. The zero-order chi connectivity index (χ0) is 10.8. The van der Waals surface area contributed by atoms with Crippen molar-refractivity contribution in [2.75, 3.05) is 6.54 Å². The molecule has 2 atom stereocenters. The van der Waals surface area contributed by atoms with E-state index in [4.69, 9.17) is 5.11 Å². The highest BCUT2D eigenvalue weighted by Gasteiger charge is 2.30. The van der Waals surface area contributed by atoms with Crippen LogP contribution in [0.4, 0.5) is 0 Å². The lowest BCUT2D eigenvalue weighted by Gasteiger charge is -2.11. The number of halogens is 1. The van der Waals surface area contributed by atoms with Gasteiger partial charge in [-0.05, 0) is 30.4 Å². The van der Waals surface area contributed by atoms with Crippen LogP contribution in [0.2, 0.25) is 0 Å². The standard InChI is InChI=1S/C12H15NO2.ClH/c1-8-4-2-3-5-10(8)9-6-11(12(14)15)13-7-9;/h2-5,9,11,13H,6-7H2,1H3,(H,14,15);1H. The Morgan fingerprint density at radius 3 is 2.69 bits per heavy atom. The first-order valence-electron chi connectivity index (χ1n) is 5.20. The van der Waals surface area contributed by atoms with Crippen LogP contribution < -0.4 is 5.32 Å². The van der Waals surface area contributed by atoms with Gasteiger partial charge in [0, 0.05) is 6.54 Å². The van der Waals surface area contributed by atoms with Gasteiger partial charge in [0.1, 0.15) is 6.04 Å². The van der Waals surface area contributed by atoms with E-state index >= 15 is 0 Å². The zero-order valence-corrected chi connectivity index (χ0v) is 9.96. The topological polar surface area (TPSA) is 49.3 Å². The lowest BCUT2D eigenvalue weighted by Crippen LogP contribution is -2.29. The molecule has 0 amide bonds. The average Bonchev–Trinajstić information content (AvgIpc) is 2.67. The first-order valence-corrected chi connectivity index (χ1v) is 5.20. The van der Waals surface area contributed by atoms with Crippen molar-refractivity contribution in [3.63, 3.8) is 0 Å². The largest absolute Gasteiger partial charge is 0.480 e. The third-order valence-corrected chi connectivity index (χ3v) is 3.06. The summed E-state index contributed by atoms with van der Waals surface area (Å²) in [6.07, 6.45) is 0.695. The normalized spacial score (nSPS) is 23.8. The monoisotopic (exact) mass is 241 g/mol. The summed E-state index contributed by atoms with van der Waals surface area (Å²) in [6, 6.07) is 7.80. The highest BCUT2D eigenvalue weighted by atomic mass is 35.5. The van der Waals surface area contributed by atoms with E-state index < -0.39 is 5.97 Å². The van der Waals surface area contributed by atoms with Gasteiger partial charge in [-0.3, -0.25) is 4.79 Å². The molecule has 1 fully saturated rings. The second kappa shape index (κ2) is 5.32. The Kier molecular flexibility index (Phi) is 4.33. The first-order chi connectivity index (χ1) is 7.18. The molecule has 1 aromatic rings. The van der Waals surface area contributed by atoms with E-state index in [0.29, 0.717) is 12.3 Å². The Bertz CT molecular complexity index is 381. The average molecular weight is 242 g/mol. The number of carbonyl (C=O) groups is 1. The fourth-order valence-corrected chi connectivity index (χ4v) is 2.21. The predicted molar refractivity (Wildman–Crippen MR) is 65.2 cm³/mol. The molecular formula is C12H16ClNO2. The molecule has 0 aromatic heterocycles. The maximum atomic E-state index is 10.8. The lowest BCUT2D eigenvalue weighted by molar-refractivity contribution is -0.139. The predicted octanol–water partition coefficient (Wildman–Crippen LogP) is 1.95. The van der Waals surface area contributed by atoms with E-state index in [-0.39, 0.29) is 18.4 Å². The molecule has 0 spiro atoms. The minimum absolute atomic E-state index is 0. The molecule has 2 unspecified atom stereocenters. The molecule has 1 heterocycles. The quantitative estimate of drug-likeness (QED) is 0.832. The zero-order valence-electron chi connectivity index (χ0n) is 9.14. The Balaban J connectivity index is 0.00000128. The smallest absolute Gasteiger partial charge is 0.320 e. The minimum Gasteiger partial charge on any atom is -0.480 e. The molecular weight excluding hydrogens is 226 g/mol. The Hall–Kier alpha value is -1.06.